The van der Waals surface area contributed by atoms with Gasteiger partial charge in [0.15, 0.2) is 5.96 Å². The predicted molar refractivity (Wildman–Crippen MR) is 111 cm³/mol. The van der Waals surface area contributed by atoms with E-state index < -0.39 is 0 Å². The van der Waals surface area contributed by atoms with Crippen molar-refractivity contribution in [2.75, 3.05) is 13.6 Å². The zero-order chi connectivity index (χ0) is 16.8. The number of nitrogens with one attached hydrogen (secondary N) is 3. The molecule has 0 saturated heterocycles. The van der Waals surface area contributed by atoms with Gasteiger partial charge >= 0.3 is 0 Å². The summed E-state index contributed by atoms with van der Waals surface area (Å²) >= 11 is 0. The summed E-state index contributed by atoms with van der Waals surface area (Å²) in [5.41, 5.74) is 0. The second kappa shape index (κ2) is 16.3. The fraction of sp³-hybridized carbons (Fsp3) is 0.882. The highest BCUT2D eigenvalue weighted by Gasteiger charge is 2.07. The first-order valence-corrected chi connectivity index (χ1v) is 8.79. The fourth-order valence-corrected chi connectivity index (χ4v) is 2.12. The summed E-state index contributed by atoms with van der Waals surface area (Å²) in [6.45, 7) is 9.09. The van der Waals surface area contributed by atoms with Crippen LogP contribution in [0.15, 0.2) is 4.99 Å². The van der Waals surface area contributed by atoms with Crippen LogP contribution < -0.4 is 16.0 Å². The number of carbonyl (C=O) groups is 1. The van der Waals surface area contributed by atoms with Crippen LogP contribution in [0.1, 0.15) is 72.6 Å². The van der Waals surface area contributed by atoms with E-state index in [1.165, 1.54) is 25.7 Å². The van der Waals surface area contributed by atoms with Crippen molar-refractivity contribution in [3.05, 3.63) is 0 Å². The van der Waals surface area contributed by atoms with Crippen LogP contribution in [0.25, 0.3) is 0 Å². The largest absolute Gasteiger partial charge is 0.356 e. The highest BCUT2D eigenvalue weighted by molar-refractivity contribution is 14.0. The third kappa shape index (κ3) is 14.8. The third-order valence-corrected chi connectivity index (χ3v) is 3.76. The molecule has 0 aromatic heterocycles. The molecule has 5 nitrogen and oxygen atoms in total. The third-order valence-electron chi connectivity index (χ3n) is 3.76. The average molecular weight is 440 g/mol. The molecule has 3 N–H and O–H groups in total. The Morgan fingerprint density at radius 2 is 1.74 bits per heavy atom. The first-order chi connectivity index (χ1) is 10.5. The van der Waals surface area contributed by atoms with Crippen molar-refractivity contribution in [1.29, 1.82) is 0 Å². The van der Waals surface area contributed by atoms with E-state index in [-0.39, 0.29) is 35.9 Å². The zero-order valence-electron chi connectivity index (χ0n) is 15.6. The number of amides is 1. The Hall–Kier alpha value is -0.530. The standard InChI is InChI=1S/C17H36N4O.HI/c1-6-8-9-10-11-15(4)21-17(18-5)19-13-12-16(22)20-14(3)7-2;/h14-15H,6-13H2,1-5H3,(H,20,22)(H2,18,19,21);1H. The molecule has 0 aliphatic rings. The molecule has 0 rings (SSSR count). The van der Waals surface area contributed by atoms with Gasteiger partial charge in [0.05, 0.1) is 0 Å². The van der Waals surface area contributed by atoms with E-state index in [1.807, 2.05) is 6.92 Å². The lowest BCUT2D eigenvalue weighted by atomic mass is 10.1. The predicted octanol–water partition coefficient (Wildman–Crippen LogP) is 3.43. The molecule has 0 fully saturated rings. The van der Waals surface area contributed by atoms with Gasteiger partial charge in [-0.05, 0) is 26.7 Å². The number of guanidine groups is 1. The van der Waals surface area contributed by atoms with Crippen LogP contribution in [0, 0.1) is 0 Å². The molecule has 0 aromatic rings. The summed E-state index contributed by atoms with van der Waals surface area (Å²) in [4.78, 5) is 15.9. The SMILES string of the molecule is CCCCCCC(C)NC(=NC)NCCC(=O)NC(C)CC.I. The minimum atomic E-state index is 0. The van der Waals surface area contributed by atoms with Gasteiger partial charge in [-0.1, -0.05) is 39.5 Å². The Kier molecular flexibility index (Phi) is 17.6. The molecule has 0 aromatic carbocycles. The molecule has 0 saturated carbocycles. The zero-order valence-corrected chi connectivity index (χ0v) is 17.9. The van der Waals surface area contributed by atoms with Crippen LogP contribution in [-0.2, 0) is 4.79 Å². The van der Waals surface area contributed by atoms with Crippen molar-refractivity contribution in [3.63, 3.8) is 0 Å². The molecule has 0 radical (unpaired) electrons. The van der Waals surface area contributed by atoms with Crippen LogP contribution in [0.4, 0.5) is 0 Å². The minimum Gasteiger partial charge on any atom is -0.356 e. The Morgan fingerprint density at radius 1 is 1.04 bits per heavy atom. The molecule has 0 aliphatic carbocycles. The van der Waals surface area contributed by atoms with Crippen molar-refractivity contribution < 1.29 is 4.79 Å². The van der Waals surface area contributed by atoms with Crippen molar-refractivity contribution in [3.8, 4) is 0 Å². The van der Waals surface area contributed by atoms with Gasteiger partial charge in [-0.25, -0.2) is 0 Å². The Morgan fingerprint density at radius 3 is 2.30 bits per heavy atom. The molecular weight excluding hydrogens is 403 g/mol. The lowest BCUT2D eigenvalue weighted by molar-refractivity contribution is -0.121. The second-order valence-corrected chi connectivity index (χ2v) is 6.02. The fourth-order valence-electron chi connectivity index (χ4n) is 2.12. The van der Waals surface area contributed by atoms with Gasteiger partial charge in [0.25, 0.3) is 0 Å². The maximum Gasteiger partial charge on any atom is 0.221 e. The molecule has 2 atom stereocenters. The first kappa shape index (κ1) is 24.7. The molecule has 0 bridgehead atoms. The summed E-state index contributed by atoms with van der Waals surface area (Å²) in [6.07, 6.45) is 7.69. The topological polar surface area (TPSA) is 65.5 Å². The summed E-state index contributed by atoms with van der Waals surface area (Å²) in [6, 6.07) is 0.644. The molecule has 23 heavy (non-hydrogen) atoms. The number of aliphatic imine (C=N–C) groups is 1. The van der Waals surface area contributed by atoms with Gasteiger partial charge in [-0.3, -0.25) is 9.79 Å². The number of unbranched alkanes of at least 4 members (excludes halogenated alkanes) is 3. The van der Waals surface area contributed by atoms with E-state index in [0.717, 1.165) is 18.8 Å². The lowest BCUT2D eigenvalue weighted by Gasteiger charge is -2.18. The second-order valence-electron chi connectivity index (χ2n) is 6.02. The van der Waals surface area contributed by atoms with E-state index in [4.69, 9.17) is 0 Å². The molecule has 0 aliphatic heterocycles. The molecular formula is C17H37IN4O. The normalized spacial score (nSPS) is 13.7. The van der Waals surface area contributed by atoms with E-state index in [1.54, 1.807) is 7.05 Å². The Balaban J connectivity index is 0. The summed E-state index contributed by atoms with van der Waals surface area (Å²) in [5, 5.41) is 9.54. The highest BCUT2D eigenvalue weighted by Crippen LogP contribution is 2.05. The summed E-state index contributed by atoms with van der Waals surface area (Å²) in [7, 11) is 1.76. The molecule has 0 heterocycles. The first-order valence-electron chi connectivity index (χ1n) is 8.79. The minimum absolute atomic E-state index is 0. The van der Waals surface area contributed by atoms with Crippen molar-refractivity contribution in [2.24, 2.45) is 4.99 Å². The lowest BCUT2D eigenvalue weighted by Crippen LogP contribution is -2.43. The van der Waals surface area contributed by atoms with Crippen LogP contribution in [0.2, 0.25) is 0 Å². The summed E-state index contributed by atoms with van der Waals surface area (Å²) in [5.74, 6) is 0.865. The number of carbonyl (C=O) groups excluding carboxylic acids is 1. The van der Waals surface area contributed by atoms with Gasteiger partial charge in [0, 0.05) is 32.1 Å². The Bertz CT molecular complexity index is 324. The van der Waals surface area contributed by atoms with Crippen LogP contribution in [0.5, 0.6) is 0 Å². The van der Waals surface area contributed by atoms with E-state index >= 15 is 0 Å². The number of nitrogens with zero attached hydrogens (tertiary/aromatic N) is 1. The number of halogens is 1. The molecule has 1 amide bonds. The van der Waals surface area contributed by atoms with Gasteiger partial charge in [0.2, 0.25) is 5.91 Å². The van der Waals surface area contributed by atoms with Gasteiger partial charge in [-0.15, -0.1) is 24.0 Å². The van der Waals surface area contributed by atoms with Crippen LogP contribution in [-0.4, -0.2) is 37.5 Å². The van der Waals surface area contributed by atoms with Gasteiger partial charge in [0.1, 0.15) is 0 Å². The van der Waals surface area contributed by atoms with E-state index in [2.05, 4.69) is 41.7 Å². The number of hydrogen-bond acceptors (Lipinski definition) is 2. The molecule has 0 spiro atoms. The number of rotatable bonds is 11. The van der Waals surface area contributed by atoms with Crippen molar-refractivity contribution in [1.82, 2.24) is 16.0 Å². The van der Waals surface area contributed by atoms with Crippen LogP contribution >= 0.6 is 24.0 Å². The monoisotopic (exact) mass is 440 g/mol. The smallest absolute Gasteiger partial charge is 0.221 e. The van der Waals surface area contributed by atoms with Crippen molar-refractivity contribution in [2.45, 2.75) is 84.7 Å². The highest BCUT2D eigenvalue weighted by atomic mass is 127. The summed E-state index contributed by atoms with van der Waals surface area (Å²) < 4.78 is 0. The number of hydrogen-bond donors (Lipinski definition) is 3. The van der Waals surface area contributed by atoms with Crippen molar-refractivity contribution >= 4 is 35.8 Å². The average Bonchev–Trinajstić information content (AvgIpc) is 2.50. The van der Waals surface area contributed by atoms with Gasteiger partial charge in [-0.2, -0.15) is 0 Å². The maximum atomic E-state index is 11.7. The molecule has 6 heteroatoms. The van der Waals surface area contributed by atoms with Gasteiger partial charge < -0.3 is 16.0 Å². The van der Waals surface area contributed by atoms with E-state index in [0.29, 0.717) is 19.0 Å². The van der Waals surface area contributed by atoms with E-state index in [9.17, 15) is 4.79 Å². The molecule has 138 valence electrons. The Labute approximate surface area is 159 Å². The molecule has 2 unspecified atom stereocenters. The quantitative estimate of drug-likeness (QED) is 0.200. The maximum absolute atomic E-state index is 11.7. The van der Waals surface area contributed by atoms with Crippen LogP contribution in [0.3, 0.4) is 0 Å².